The molecule has 2 aliphatic rings. The van der Waals surface area contributed by atoms with Crippen molar-refractivity contribution in [2.45, 2.75) is 103 Å². The fourth-order valence-corrected chi connectivity index (χ4v) is 4.27. The molecule has 1 atom stereocenters. The number of hydrogen-bond donors (Lipinski definition) is 0. The van der Waals surface area contributed by atoms with Crippen LogP contribution >= 0.6 is 0 Å². The van der Waals surface area contributed by atoms with Crippen LogP contribution in [0.25, 0.3) is 0 Å². The van der Waals surface area contributed by atoms with Gasteiger partial charge >= 0.3 is 5.97 Å². The zero-order chi connectivity index (χ0) is 21.6. The molecule has 0 bridgehead atoms. The molecule has 0 heterocycles. The van der Waals surface area contributed by atoms with Gasteiger partial charge in [0.1, 0.15) is 0 Å². The van der Waals surface area contributed by atoms with E-state index in [0.717, 1.165) is 90.1 Å². The van der Waals surface area contributed by atoms with Gasteiger partial charge in [0.25, 0.3) is 0 Å². The fourth-order valence-electron chi connectivity index (χ4n) is 4.27. The molecule has 30 heavy (non-hydrogen) atoms. The average molecular weight is 416 g/mol. The summed E-state index contributed by atoms with van der Waals surface area (Å²) < 4.78 is 11.4. The van der Waals surface area contributed by atoms with Crippen molar-refractivity contribution in [2.75, 3.05) is 13.2 Å². The van der Waals surface area contributed by atoms with E-state index < -0.39 is 0 Å². The SMILES string of the molecule is CCC(C)C(=O)OCCCCCCOC1CCC(C#CC2CCC(C#N)CC2)CC1. The average Bonchev–Trinajstić information content (AvgIpc) is 2.79. The standard InChI is InChI=1S/C26H41NO3/c1-3-21(2)26(28)30-19-7-5-4-6-18-29-25-16-14-23(15-17-25)9-8-22-10-12-24(20-27)13-11-22/h21-25H,3-7,10-19H2,1-2H3. The Bertz CT molecular complexity index is 584. The Morgan fingerprint density at radius 1 is 0.867 bits per heavy atom. The minimum atomic E-state index is -0.0625. The minimum absolute atomic E-state index is 0.0175. The summed E-state index contributed by atoms with van der Waals surface area (Å²) >= 11 is 0. The molecular formula is C26H41NO3. The van der Waals surface area contributed by atoms with Crippen molar-refractivity contribution in [3.63, 3.8) is 0 Å². The number of unbranched alkanes of at least 4 members (excludes halogenated alkanes) is 3. The third kappa shape index (κ3) is 9.53. The molecule has 4 heteroatoms. The van der Waals surface area contributed by atoms with Gasteiger partial charge in [0.05, 0.1) is 24.7 Å². The van der Waals surface area contributed by atoms with Gasteiger partial charge in [-0.3, -0.25) is 4.79 Å². The van der Waals surface area contributed by atoms with E-state index in [-0.39, 0.29) is 17.8 Å². The number of carbonyl (C=O) groups is 1. The van der Waals surface area contributed by atoms with Crippen LogP contribution in [0.4, 0.5) is 0 Å². The Kier molecular flexibility index (Phi) is 11.9. The Morgan fingerprint density at radius 3 is 1.97 bits per heavy atom. The van der Waals surface area contributed by atoms with Gasteiger partial charge in [-0.25, -0.2) is 0 Å². The van der Waals surface area contributed by atoms with E-state index >= 15 is 0 Å². The lowest BCUT2D eigenvalue weighted by Crippen LogP contribution is -2.21. The van der Waals surface area contributed by atoms with E-state index in [4.69, 9.17) is 14.7 Å². The predicted molar refractivity (Wildman–Crippen MR) is 119 cm³/mol. The van der Waals surface area contributed by atoms with Gasteiger partial charge in [-0.15, -0.1) is 0 Å². The third-order valence-electron chi connectivity index (χ3n) is 6.73. The molecule has 2 rings (SSSR count). The van der Waals surface area contributed by atoms with E-state index in [2.05, 4.69) is 17.9 Å². The minimum Gasteiger partial charge on any atom is -0.465 e. The summed E-state index contributed by atoms with van der Waals surface area (Å²) in [6, 6.07) is 2.40. The highest BCUT2D eigenvalue weighted by atomic mass is 16.5. The van der Waals surface area contributed by atoms with E-state index in [0.29, 0.717) is 24.5 Å². The molecule has 168 valence electrons. The maximum absolute atomic E-state index is 11.6. The lowest BCUT2D eigenvalue weighted by Gasteiger charge is -2.26. The van der Waals surface area contributed by atoms with Gasteiger partial charge in [0, 0.05) is 24.4 Å². The molecule has 0 aliphatic heterocycles. The number of hydrogen-bond acceptors (Lipinski definition) is 4. The summed E-state index contributed by atoms with van der Waals surface area (Å²) in [5, 5.41) is 8.99. The largest absolute Gasteiger partial charge is 0.465 e. The Labute approximate surface area is 184 Å². The van der Waals surface area contributed by atoms with Crippen molar-refractivity contribution in [3.8, 4) is 17.9 Å². The second-order valence-corrected chi connectivity index (χ2v) is 9.20. The first-order chi connectivity index (χ1) is 14.6. The fraction of sp³-hybridized carbons (Fsp3) is 0.846. The molecule has 2 fully saturated rings. The van der Waals surface area contributed by atoms with Gasteiger partial charge in [-0.2, -0.15) is 5.26 Å². The molecule has 0 amide bonds. The van der Waals surface area contributed by atoms with Crippen molar-refractivity contribution in [3.05, 3.63) is 0 Å². The van der Waals surface area contributed by atoms with E-state index in [1.807, 2.05) is 13.8 Å². The van der Waals surface area contributed by atoms with Gasteiger partial charge in [-0.05, 0) is 77.0 Å². The van der Waals surface area contributed by atoms with Gasteiger partial charge < -0.3 is 9.47 Å². The highest BCUT2D eigenvalue weighted by Crippen LogP contribution is 2.29. The van der Waals surface area contributed by atoms with Gasteiger partial charge in [0.15, 0.2) is 0 Å². The van der Waals surface area contributed by atoms with Crippen LogP contribution in [0.1, 0.15) is 97.3 Å². The van der Waals surface area contributed by atoms with E-state index in [1.165, 1.54) is 0 Å². The summed E-state index contributed by atoms with van der Waals surface area (Å²) in [5.41, 5.74) is 0. The quantitative estimate of drug-likeness (QED) is 0.248. The lowest BCUT2D eigenvalue weighted by atomic mass is 9.82. The van der Waals surface area contributed by atoms with Crippen molar-refractivity contribution in [1.29, 1.82) is 5.26 Å². The molecule has 0 N–H and O–H groups in total. The van der Waals surface area contributed by atoms with Gasteiger partial charge in [-0.1, -0.05) is 32.1 Å². The first kappa shape index (κ1) is 24.7. The summed E-state index contributed by atoms with van der Waals surface area (Å²) in [5.74, 6) is 8.32. The van der Waals surface area contributed by atoms with Crippen LogP contribution in [0.5, 0.6) is 0 Å². The first-order valence-electron chi connectivity index (χ1n) is 12.3. The second-order valence-electron chi connectivity index (χ2n) is 9.20. The molecule has 0 aromatic rings. The Balaban J connectivity index is 1.45. The smallest absolute Gasteiger partial charge is 0.308 e. The number of rotatable bonds is 10. The molecule has 1 unspecified atom stereocenters. The second kappa shape index (κ2) is 14.5. The first-order valence-corrected chi connectivity index (χ1v) is 12.3. The van der Waals surface area contributed by atoms with Crippen LogP contribution in [-0.2, 0) is 14.3 Å². The zero-order valence-corrected chi connectivity index (χ0v) is 19.2. The normalized spacial score (nSPS) is 27.4. The summed E-state index contributed by atoms with van der Waals surface area (Å²) in [4.78, 5) is 11.6. The molecule has 2 saturated carbocycles. The summed E-state index contributed by atoms with van der Waals surface area (Å²) in [6.45, 7) is 5.32. The lowest BCUT2D eigenvalue weighted by molar-refractivity contribution is -0.148. The number of carbonyl (C=O) groups excluding carboxylic acids is 1. The van der Waals surface area contributed by atoms with Crippen LogP contribution in [0, 0.1) is 46.8 Å². The molecule has 0 saturated heterocycles. The maximum Gasteiger partial charge on any atom is 0.308 e. The van der Waals surface area contributed by atoms with Gasteiger partial charge in [0.2, 0.25) is 0 Å². The predicted octanol–water partition coefficient (Wildman–Crippen LogP) is 6.04. The van der Waals surface area contributed by atoms with Crippen LogP contribution in [0.15, 0.2) is 0 Å². The number of nitriles is 1. The van der Waals surface area contributed by atoms with Crippen molar-refractivity contribution in [1.82, 2.24) is 0 Å². The summed E-state index contributed by atoms with van der Waals surface area (Å²) in [7, 11) is 0. The number of nitrogens with zero attached hydrogens (tertiary/aromatic N) is 1. The molecule has 0 spiro atoms. The number of ether oxygens (including phenoxy) is 2. The Hall–Kier alpha value is -1.52. The van der Waals surface area contributed by atoms with Crippen LogP contribution in [0.3, 0.4) is 0 Å². The molecule has 0 aromatic carbocycles. The van der Waals surface area contributed by atoms with Crippen molar-refractivity contribution in [2.24, 2.45) is 23.7 Å². The Morgan fingerprint density at radius 2 is 1.40 bits per heavy atom. The molecule has 4 nitrogen and oxygen atoms in total. The van der Waals surface area contributed by atoms with E-state index in [9.17, 15) is 4.79 Å². The monoisotopic (exact) mass is 415 g/mol. The molecule has 0 aromatic heterocycles. The van der Waals surface area contributed by atoms with Crippen molar-refractivity contribution < 1.29 is 14.3 Å². The van der Waals surface area contributed by atoms with E-state index in [1.54, 1.807) is 0 Å². The maximum atomic E-state index is 11.6. The molecule has 0 radical (unpaired) electrons. The highest BCUT2D eigenvalue weighted by molar-refractivity contribution is 5.71. The van der Waals surface area contributed by atoms with Crippen LogP contribution in [-0.4, -0.2) is 25.3 Å². The van der Waals surface area contributed by atoms with Crippen LogP contribution < -0.4 is 0 Å². The van der Waals surface area contributed by atoms with Crippen LogP contribution in [0.2, 0.25) is 0 Å². The third-order valence-corrected chi connectivity index (χ3v) is 6.73. The summed E-state index contributed by atoms with van der Waals surface area (Å²) in [6.07, 6.45) is 14.4. The topological polar surface area (TPSA) is 59.3 Å². The number of esters is 1. The zero-order valence-electron chi connectivity index (χ0n) is 19.2. The molecular weight excluding hydrogens is 374 g/mol. The van der Waals surface area contributed by atoms with Crippen molar-refractivity contribution >= 4 is 5.97 Å². The molecule has 2 aliphatic carbocycles. The highest BCUT2D eigenvalue weighted by Gasteiger charge is 2.22.